The minimum atomic E-state index is -0.442. The van der Waals surface area contributed by atoms with Gasteiger partial charge in [-0.1, -0.05) is 17.7 Å². The van der Waals surface area contributed by atoms with Gasteiger partial charge in [0.05, 0.1) is 5.69 Å². The second kappa shape index (κ2) is 7.45. The van der Waals surface area contributed by atoms with E-state index in [2.05, 4.69) is 21.6 Å². The Labute approximate surface area is 181 Å². The highest BCUT2D eigenvalue weighted by molar-refractivity contribution is 5.90. The van der Waals surface area contributed by atoms with Crippen molar-refractivity contribution in [2.75, 3.05) is 5.32 Å². The highest BCUT2D eigenvalue weighted by Crippen LogP contribution is 2.25. The molecule has 160 valence electrons. The molecular weight excluding hydrogens is 411 g/mol. The molecule has 0 aliphatic carbocycles. The molecule has 9 heteroatoms. The Morgan fingerprint density at radius 2 is 1.81 bits per heavy atom. The Hall–Kier alpha value is -4.27. The van der Waals surface area contributed by atoms with Crippen LogP contribution in [0.5, 0.6) is 0 Å². The molecule has 8 nitrogen and oxygen atoms in total. The molecule has 0 radical (unpaired) electrons. The lowest BCUT2D eigenvalue weighted by atomic mass is 10.0. The molecule has 0 aliphatic rings. The molecule has 0 saturated heterocycles. The molecule has 5 aromatic rings. The molecule has 0 saturated carbocycles. The first kappa shape index (κ1) is 19.7. The number of halogens is 1. The number of amides is 1. The standard InChI is InChI=1S/C23H19FN6O2/c1-14-3-4-15(2)18(11-14)19-12-20-22-27-30(23(32)28(22)9-10-29(20)26-19)13-21(31)25-17-7-5-16(24)6-8-17/h3-12H,13H2,1-2H3,(H,25,31). The fourth-order valence-corrected chi connectivity index (χ4v) is 3.65. The number of aryl methyl sites for hydroxylation is 2. The third-order valence-electron chi connectivity index (χ3n) is 5.28. The lowest BCUT2D eigenvalue weighted by Gasteiger charge is -2.04. The molecule has 3 heterocycles. The van der Waals surface area contributed by atoms with Crippen molar-refractivity contribution in [2.45, 2.75) is 20.4 Å². The quantitative estimate of drug-likeness (QED) is 0.475. The average Bonchev–Trinajstić information content (AvgIpc) is 3.33. The summed E-state index contributed by atoms with van der Waals surface area (Å²) in [6.45, 7) is 3.77. The third kappa shape index (κ3) is 3.43. The highest BCUT2D eigenvalue weighted by atomic mass is 19.1. The lowest BCUT2D eigenvalue weighted by molar-refractivity contribution is -0.117. The number of nitrogens with zero attached hydrogens (tertiary/aromatic N) is 5. The van der Waals surface area contributed by atoms with E-state index in [0.29, 0.717) is 16.9 Å². The molecule has 1 amide bonds. The number of carbonyl (C=O) groups excluding carboxylic acids is 1. The van der Waals surface area contributed by atoms with Gasteiger partial charge in [0.1, 0.15) is 17.9 Å². The van der Waals surface area contributed by atoms with E-state index in [9.17, 15) is 14.0 Å². The van der Waals surface area contributed by atoms with Gasteiger partial charge in [-0.25, -0.2) is 22.8 Å². The smallest absolute Gasteiger partial charge is 0.324 e. The van der Waals surface area contributed by atoms with Crippen molar-refractivity contribution in [3.8, 4) is 11.3 Å². The van der Waals surface area contributed by atoms with Crippen LogP contribution >= 0.6 is 0 Å². The number of fused-ring (bicyclic) bond motifs is 3. The molecule has 0 spiro atoms. The molecular formula is C23H19FN6O2. The maximum Gasteiger partial charge on any atom is 0.350 e. The van der Waals surface area contributed by atoms with Gasteiger partial charge in [0.2, 0.25) is 5.91 Å². The second-order valence-corrected chi connectivity index (χ2v) is 7.66. The van der Waals surface area contributed by atoms with E-state index < -0.39 is 17.4 Å². The molecule has 0 aliphatic heterocycles. The number of nitrogens with one attached hydrogen (secondary N) is 1. The fourth-order valence-electron chi connectivity index (χ4n) is 3.65. The molecule has 0 unspecified atom stereocenters. The van der Waals surface area contributed by atoms with Crippen molar-refractivity contribution in [1.82, 2.24) is 23.8 Å². The summed E-state index contributed by atoms with van der Waals surface area (Å²) in [4.78, 5) is 25.2. The monoisotopic (exact) mass is 430 g/mol. The molecule has 3 aromatic heterocycles. The molecule has 0 atom stereocenters. The van der Waals surface area contributed by atoms with E-state index in [1.165, 1.54) is 28.7 Å². The largest absolute Gasteiger partial charge is 0.350 e. The number of hydrogen-bond acceptors (Lipinski definition) is 4. The minimum Gasteiger partial charge on any atom is -0.324 e. The number of benzene rings is 2. The van der Waals surface area contributed by atoms with Crippen LogP contribution in [0.4, 0.5) is 10.1 Å². The first-order chi connectivity index (χ1) is 15.4. The van der Waals surface area contributed by atoms with Crippen molar-refractivity contribution >= 4 is 22.8 Å². The van der Waals surface area contributed by atoms with E-state index in [4.69, 9.17) is 0 Å². The first-order valence-corrected chi connectivity index (χ1v) is 10.00. The predicted octanol–water partition coefficient (Wildman–Crippen LogP) is 3.21. The van der Waals surface area contributed by atoms with Crippen molar-refractivity contribution in [3.63, 3.8) is 0 Å². The van der Waals surface area contributed by atoms with Crippen LogP contribution in [-0.2, 0) is 11.3 Å². The number of carbonyl (C=O) groups is 1. The van der Waals surface area contributed by atoms with E-state index in [0.717, 1.165) is 27.1 Å². The Kier molecular flexibility index (Phi) is 4.58. The summed E-state index contributed by atoms with van der Waals surface area (Å²) < 4.78 is 17.2. The number of anilines is 1. The molecule has 2 aromatic carbocycles. The summed E-state index contributed by atoms with van der Waals surface area (Å²) in [5, 5.41) is 11.6. The van der Waals surface area contributed by atoms with E-state index in [-0.39, 0.29) is 6.54 Å². The Morgan fingerprint density at radius 3 is 2.59 bits per heavy atom. The van der Waals surface area contributed by atoms with Crippen molar-refractivity contribution in [2.24, 2.45) is 0 Å². The summed E-state index contributed by atoms with van der Waals surface area (Å²) in [6.07, 6.45) is 3.26. The minimum absolute atomic E-state index is 0.276. The zero-order valence-electron chi connectivity index (χ0n) is 17.4. The van der Waals surface area contributed by atoms with Crippen LogP contribution in [-0.4, -0.2) is 29.7 Å². The fraction of sp³-hybridized carbons (Fsp3) is 0.130. The normalized spacial score (nSPS) is 11.3. The number of aromatic nitrogens is 5. The highest BCUT2D eigenvalue weighted by Gasteiger charge is 2.16. The third-order valence-corrected chi connectivity index (χ3v) is 5.28. The molecule has 0 fully saturated rings. The maximum atomic E-state index is 13.0. The molecule has 0 bridgehead atoms. The summed E-state index contributed by atoms with van der Waals surface area (Å²) in [6, 6.07) is 13.4. The zero-order chi connectivity index (χ0) is 22.4. The van der Waals surface area contributed by atoms with Gasteiger partial charge in [0.15, 0.2) is 5.65 Å². The van der Waals surface area contributed by atoms with Gasteiger partial charge in [-0.2, -0.15) is 5.10 Å². The first-order valence-electron chi connectivity index (χ1n) is 10.00. The Balaban J connectivity index is 1.51. The maximum absolute atomic E-state index is 13.0. The van der Waals surface area contributed by atoms with Crippen molar-refractivity contribution in [3.05, 3.63) is 88.4 Å². The van der Waals surface area contributed by atoms with Gasteiger partial charge in [-0.05, 0) is 55.8 Å². The van der Waals surface area contributed by atoms with Gasteiger partial charge >= 0.3 is 5.69 Å². The second-order valence-electron chi connectivity index (χ2n) is 7.66. The molecule has 32 heavy (non-hydrogen) atoms. The number of rotatable bonds is 4. The lowest BCUT2D eigenvalue weighted by Crippen LogP contribution is -2.28. The van der Waals surface area contributed by atoms with Gasteiger partial charge in [0, 0.05) is 23.6 Å². The molecule has 1 N–H and O–H groups in total. The van der Waals surface area contributed by atoms with Crippen LogP contribution in [0.2, 0.25) is 0 Å². The van der Waals surface area contributed by atoms with Crippen LogP contribution < -0.4 is 11.0 Å². The van der Waals surface area contributed by atoms with Crippen molar-refractivity contribution in [1.29, 1.82) is 0 Å². The van der Waals surface area contributed by atoms with Crippen molar-refractivity contribution < 1.29 is 9.18 Å². The van der Waals surface area contributed by atoms with Crippen LogP contribution in [0.1, 0.15) is 11.1 Å². The van der Waals surface area contributed by atoms with Crippen LogP contribution in [0.15, 0.2) is 65.7 Å². The van der Waals surface area contributed by atoms with Gasteiger partial charge < -0.3 is 5.32 Å². The number of hydrogen-bond donors (Lipinski definition) is 1. The predicted molar refractivity (Wildman–Crippen MR) is 118 cm³/mol. The summed E-state index contributed by atoms with van der Waals surface area (Å²) >= 11 is 0. The van der Waals surface area contributed by atoms with Gasteiger partial charge in [-0.15, -0.1) is 5.10 Å². The van der Waals surface area contributed by atoms with Gasteiger partial charge in [-0.3, -0.25) is 4.79 Å². The van der Waals surface area contributed by atoms with Crippen LogP contribution in [0, 0.1) is 19.7 Å². The van der Waals surface area contributed by atoms with Crippen LogP contribution in [0.3, 0.4) is 0 Å². The Bertz CT molecular complexity index is 1550. The topological polar surface area (TPSA) is 85.7 Å². The Morgan fingerprint density at radius 1 is 1.03 bits per heavy atom. The van der Waals surface area contributed by atoms with Crippen LogP contribution in [0.25, 0.3) is 22.4 Å². The van der Waals surface area contributed by atoms with Gasteiger partial charge in [0.25, 0.3) is 0 Å². The SMILES string of the molecule is Cc1ccc(C)c(-c2cc3c4nn(CC(=O)Nc5ccc(F)cc5)c(=O)n4ccn3n2)c1. The zero-order valence-corrected chi connectivity index (χ0v) is 17.4. The summed E-state index contributed by atoms with van der Waals surface area (Å²) in [5.41, 5.74) is 5.05. The summed E-state index contributed by atoms with van der Waals surface area (Å²) in [5.74, 6) is -0.840. The average molecular weight is 430 g/mol. The molecule has 5 rings (SSSR count). The van der Waals surface area contributed by atoms with E-state index >= 15 is 0 Å². The van der Waals surface area contributed by atoms with E-state index in [1.807, 2.05) is 32.0 Å². The van der Waals surface area contributed by atoms with E-state index in [1.54, 1.807) is 16.9 Å². The summed E-state index contributed by atoms with van der Waals surface area (Å²) in [7, 11) is 0.